The number of ether oxygens (including phenoxy) is 1. The quantitative estimate of drug-likeness (QED) is 0.155. The lowest BCUT2D eigenvalue weighted by Gasteiger charge is -2.16. The average Bonchev–Trinajstić information content (AvgIpc) is 3.36. The molecular weight excluding hydrogens is 535 g/mol. The summed E-state index contributed by atoms with van der Waals surface area (Å²) in [5.74, 6) is -1.91. The van der Waals surface area contributed by atoms with E-state index in [1.165, 1.54) is 41.3 Å². The van der Waals surface area contributed by atoms with Crippen LogP contribution in [0.15, 0.2) is 89.1 Å². The van der Waals surface area contributed by atoms with Gasteiger partial charge in [0.25, 0.3) is 5.91 Å². The molecular formula is C30H27FN2O4S2. The second-order valence-corrected chi connectivity index (χ2v) is 10.6. The van der Waals surface area contributed by atoms with E-state index in [1.54, 1.807) is 31.2 Å². The molecule has 0 aliphatic heterocycles. The Morgan fingerprint density at radius 2 is 1.69 bits per heavy atom. The monoisotopic (exact) mass is 562 g/mol. The van der Waals surface area contributed by atoms with E-state index in [-0.39, 0.29) is 18.1 Å². The molecule has 1 aromatic heterocycles. The summed E-state index contributed by atoms with van der Waals surface area (Å²) >= 11 is 2.61. The van der Waals surface area contributed by atoms with Crippen LogP contribution in [0.3, 0.4) is 0 Å². The van der Waals surface area contributed by atoms with Crippen LogP contribution < -0.4 is 10.6 Å². The summed E-state index contributed by atoms with van der Waals surface area (Å²) < 4.78 is 19.3. The Morgan fingerprint density at radius 1 is 0.949 bits per heavy atom. The highest BCUT2D eigenvalue weighted by molar-refractivity contribution is 8.00. The Bertz CT molecular complexity index is 1470. The van der Waals surface area contributed by atoms with Gasteiger partial charge >= 0.3 is 5.97 Å². The van der Waals surface area contributed by atoms with Gasteiger partial charge in [-0.3, -0.25) is 9.59 Å². The van der Waals surface area contributed by atoms with Gasteiger partial charge in [0.15, 0.2) is 0 Å². The summed E-state index contributed by atoms with van der Waals surface area (Å²) in [5, 5.41) is 7.44. The second-order valence-electron chi connectivity index (χ2n) is 8.41. The van der Waals surface area contributed by atoms with Crippen molar-refractivity contribution in [1.29, 1.82) is 0 Å². The van der Waals surface area contributed by atoms with Crippen LogP contribution in [0.25, 0.3) is 11.1 Å². The van der Waals surface area contributed by atoms with Crippen LogP contribution in [-0.4, -0.2) is 29.6 Å². The van der Waals surface area contributed by atoms with Crippen LogP contribution in [0, 0.1) is 5.82 Å². The Morgan fingerprint density at radius 3 is 2.41 bits per heavy atom. The van der Waals surface area contributed by atoms with Gasteiger partial charge in [-0.05, 0) is 49.2 Å². The third kappa shape index (κ3) is 6.93. The molecule has 0 aliphatic rings. The van der Waals surface area contributed by atoms with Gasteiger partial charge in [-0.1, -0.05) is 55.5 Å². The third-order valence-corrected chi connectivity index (χ3v) is 8.00. The van der Waals surface area contributed by atoms with E-state index in [2.05, 4.69) is 10.6 Å². The Kier molecular flexibility index (Phi) is 9.51. The number of hydrogen-bond acceptors (Lipinski definition) is 6. The molecule has 3 aromatic carbocycles. The summed E-state index contributed by atoms with van der Waals surface area (Å²) in [6.07, 6.45) is 0.522. The normalized spacial score (nSPS) is 11.5. The van der Waals surface area contributed by atoms with Gasteiger partial charge in [-0.2, -0.15) is 0 Å². The average molecular weight is 563 g/mol. The molecule has 0 saturated heterocycles. The van der Waals surface area contributed by atoms with E-state index < -0.39 is 22.9 Å². The van der Waals surface area contributed by atoms with Crippen LogP contribution in [-0.2, 0) is 9.53 Å². The molecule has 9 heteroatoms. The number of benzene rings is 3. The maximum Gasteiger partial charge on any atom is 0.341 e. The van der Waals surface area contributed by atoms with Crippen molar-refractivity contribution >= 4 is 51.6 Å². The highest BCUT2D eigenvalue weighted by atomic mass is 32.2. The summed E-state index contributed by atoms with van der Waals surface area (Å²) in [6, 6.07) is 22.3. The molecule has 1 atom stereocenters. The molecule has 1 heterocycles. The molecule has 4 aromatic rings. The van der Waals surface area contributed by atoms with E-state index in [0.717, 1.165) is 10.5 Å². The van der Waals surface area contributed by atoms with Gasteiger partial charge in [0.05, 0.1) is 17.4 Å². The number of carbonyl (C=O) groups is 3. The molecule has 0 aliphatic carbocycles. The first-order chi connectivity index (χ1) is 18.9. The minimum absolute atomic E-state index is 0.0513. The summed E-state index contributed by atoms with van der Waals surface area (Å²) in [7, 11) is 0. The van der Waals surface area contributed by atoms with Crippen LogP contribution in [0.2, 0.25) is 0 Å². The molecule has 0 radical (unpaired) electrons. The maximum atomic E-state index is 14.0. The van der Waals surface area contributed by atoms with Gasteiger partial charge in [-0.15, -0.1) is 23.1 Å². The fourth-order valence-corrected chi connectivity index (χ4v) is 5.83. The predicted octanol–water partition coefficient (Wildman–Crippen LogP) is 7.49. The molecule has 0 fully saturated rings. The first kappa shape index (κ1) is 28.1. The second kappa shape index (κ2) is 13.2. The van der Waals surface area contributed by atoms with Crippen LogP contribution in [0.5, 0.6) is 0 Å². The van der Waals surface area contributed by atoms with E-state index in [0.29, 0.717) is 28.2 Å². The number of amides is 2. The number of anilines is 2. The summed E-state index contributed by atoms with van der Waals surface area (Å²) in [4.78, 5) is 39.4. The van der Waals surface area contributed by atoms with Crippen molar-refractivity contribution < 1.29 is 23.5 Å². The molecule has 200 valence electrons. The van der Waals surface area contributed by atoms with E-state index in [4.69, 9.17) is 4.74 Å². The van der Waals surface area contributed by atoms with E-state index >= 15 is 0 Å². The fourth-order valence-electron chi connectivity index (χ4n) is 3.86. The molecule has 0 spiro atoms. The van der Waals surface area contributed by atoms with Crippen molar-refractivity contribution in [1.82, 2.24) is 0 Å². The van der Waals surface area contributed by atoms with Gasteiger partial charge in [0.2, 0.25) is 5.91 Å². The molecule has 4 rings (SSSR count). The largest absolute Gasteiger partial charge is 0.462 e. The van der Waals surface area contributed by atoms with Crippen LogP contribution in [0.4, 0.5) is 15.1 Å². The molecule has 2 amide bonds. The van der Waals surface area contributed by atoms with Crippen molar-refractivity contribution in [2.75, 3.05) is 17.2 Å². The fraction of sp³-hybridized carbons (Fsp3) is 0.167. The molecule has 0 saturated carbocycles. The smallest absolute Gasteiger partial charge is 0.341 e. The molecule has 39 heavy (non-hydrogen) atoms. The lowest BCUT2D eigenvalue weighted by atomic mass is 10.0. The van der Waals surface area contributed by atoms with E-state index in [9.17, 15) is 18.8 Å². The first-order valence-electron chi connectivity index (χ1n) is 12.4. The third-order valence-electron chi connectivity index (χ3n) is 5.74. The van der Waals surface area contributed by atoms with Crippen molar-refractivity contribution in [2.45, 2.75) is 30.4 Å². The zero-order valence-corrected chi connectivity index (χ0v) is 23.0. The van der Waals surface area contributed by atoms with E-state index in [1.807, 2.05) is 48.7 Å². The first-order valence-corrected chi connectivity index (χ1v) is 14.1. The SMILES string of the molecule is CCOC(=O)c1c(-c2ccccc2)csc1NC(=O)C(CC)Sc1cccc(NC(=O)c2ccccc2F)c1. The number of halogens is 1. The number of thiophene rings is 1. The predicted molar refractivity (Wildman–Crippen MR) is 155 cm³/mol. The number of hydrogen-bond donors (Lipinski definition) is 2. The Hall–Kier alpha value is -3.95. The Labute approximate surface area is 234 Å². The topological polar surface area (TPSA) is 84.5 Å². The van der Waals surface area contributed by atoms with Crippen molar-refractivity contribution in [3.8, 4) is 11.1 Å². The number of thioether (sulfide) groups is 1. The van der Waals surface area contributed by atoms with Crippen molar-refractivity contribution in [3.05, 3.63) is 101 Å². The zero-order valence-electron chi connectivity index (χ0n) is 21.4. The standard InChI is InChI=1S/C30H27FN2O4S2/c1-3-25(39-21-14-10-13-20(17-21)32-27(34)22-15-8-9-16-24(22)31)28(35)33-29-26(30(36)37-4-2)23(18-38-29)19-11-6-5-7-12-19/h5-18,25H,3-4H2,1-2H3,(H,32,34)(H,33,35). The van der Waals surface area contributed by atoms with Crippen LogP contribution >= 0.6 is 23.1 Å². The zero-order chi connectivity index (χ0) is 27.8. The van der Waals surface area contributed by atoms with Gasteiger partial charge in [0.1, 0.15) is 16.4 Å². The highest BCUT2D eigenvalue weighted by Crippen LogP contribution is 2.37. The number of nitrogens with one attached hydrogen (secondary N) is 2. The summed E-state index contributed by atoms with van der Waals surface area (Å²) in [5.41, 5.74) is 2.32. The lowest BCUT2D eigenvalue weighted by molar-refractivity contribution is -0.115. The minimum Gasteiger partial charge on any atom is -0.462 e. The molecule has 1 unspecified atom stereocenters. The van der Waals surface area contributed by atoms with Crippen LogP contribution in [0.1, 0.15) is 41.0 Å². The van der Waals surface area contributed by atoms with Crippen molar-refractivity contribution in [2.24, 2.45) is 0 Å². The van der Waals surface area contributed by atoms with Gasteiger partial charge in [-0.25, -0.2) is 9.18 Å². The highest BCUT2D eigenvalue weighted by Gasteiger charge is 2.25. The number of esters is 1. The van der Waals surface area contributed by atoms with Gasteiger partial charge in [0, 0.05) is 21.5 Å². The lowest BCUT2D eigenvalue weighted by Crippen LogP contribution is -2.25. The molecule has 0 bridgehead atoms. The molecule has 2 N–H and O–H groups in total. The molecule has 6 nitrogen and oxygen atoms in total. The number of carbonyl (C=O) groups excluding carboxylic acids is 3. The number of rotatable bonds is 10. The Balaban J connectivity index is 1.50. The van der Waals surface area contributed by atoms with Crippen molar-refractivity contribution in [3.63, 3.8) is 0 Å². The summed E-state index contributed by atoms with van der Waals surface area (Å²) in [6.45, 7) is 3.85. The maximum absolute atomic E-state index is 14.0. The van der Waals surface area contributed by atoms with Gasteiger partial charge < -0.3 is 15.4 Å². The minimum atomic E-state index is -0.602.